The number of carbonyl (C=O) groups excluding carboxylic acids is 1. The highest BCUT2D eigenvalue weighted by atomic mass is 16.3. The lowest BCUT2D eigenvalue weighted by Gasteiger charge is -2.26. The maximum atomic E-state index is 12.8. The van der Waals surface area contributed by atoms with Gasteiger partial charge >= 0.3 is 0 Å². The van der Waals surface area contributed by atoms with E-state index in [0.717, 1.165) is 47.8 Å². The molecule has 0 fully saturated rings. The van der Waals surface area contributed by atoms with Crippen molar-refractivity contribution in [3.05, 3.63) is 60.5 Å². The molecule has 1 aromatic carbocycles. The molecule has 1 amide bonds. The molecule has 1 unspecified atom stereocenters. The molecule has 6 heteroatoms. The van der Waals surface area contributed by atoms with Crippen LogP contribution in [-0.4, -0.2) is 43.0 Å². The van der Waals surface area contributed by atoms with Gasteiger partial charge in [-0.25, -0.2) is 4.98 Å². The molecule has 0 radical (unpaired) electrons. The zero-order valence-electron chi connectivity index (χ0n) is 15.4. The van der Waals surface area contributed by atoms with Gasteiger partial charge in [0.15, 0.2) is 5.76 Å². The minimum absolute atomic E-state index is 0.0931. The lowest BCUT2D eigenvalue weighted by Crippen LogP contribution is -2.36. The summed E-state index contributed by atoms with van der Waals surface area (Å²) < 4.78 is 2.00. The first kappa shape index (κ1) is 17.4. The number of aliphatic hydroxyl groups excluding tert-OH is 1. The standard InChI is InChI=1S/C21H24N4O2/c1-2-6-18-19(16-13-23-17-8-4-3-7-15(16)17)20(26)21(27)25(18)11-5-10-24-12-9-22-14-24/h3-4,7-9,12-14,18,23,26H,2,5-6,10-11H2,1H3. The van der Waals surface area contributed by atoms with Crippen LogP contribution < -0.4 is 0 Å². The van der Waals surface area contributed by atoms with Crippen LogP contribution in [0.2, 0.25) is 0 Å². The summed E-state index contributed by atoms with van der Waals surface area (Å²) in [4.78, 5) is 21.9. The van der Waals surface area contributed by atoms with Crippen molar-refractivity contribution in [2.75, 3.05) is 6.54 Å². The van der Waals surface area contributed by atoms with Crippen LogP contribution >= 0.6 is 0 Å². The molecule has 27 heavy (non-hydrogen) atoms. The van der Waals surface area contributed by atoms with E-state index in [1.54, 1.807) is 12.5 Å². The van der Waals surface area contributed by atoms with Gasteiger partial charge in [0.2, 0.25) is 0 Å². The fourth-order valence-corrected chi connectivity index (χ4v) is 3.98. The van der Waals surface area contributed by atoms with Crippen molar-refractivity contribution in [1.29, 1.82) is 0 Å². The van der Waals surface area contributed by atoms with Crippen LogP contribution in [-0.2, 0) is 11.3 Å². The number of aryl methyl sites for hydroxylation is 1. The molecule has 2 N–H and O–H groups in total. The highest BCUT2D eigenvalue weighted by molar-refractivity contribution is 6.08. The van der Waals surface area contributed by atoms with Gasteiger partial charge in [0.05, 0.1) is 12.4 Å². The number of imidazole rings is 1. The summed E-state index contributed by atoms with van der Waals surface area (Å²) in [6, 6.07) is 7.89. The van der Waals surface area contributed by atoms with Gasteiger partial charge < -0.3 is 19.6 Å². The van der Waals surface area contributed by atoms with Crippen LogP contribution in [0.15, 0.2) is 54.9 Å². The van der Waals surface area contributed by atoms with Crippen molar-refractivity contribution in [3.8, 4) is 0 Å². The Morgan fingerprint density at radius 3 is 2.89 bits per heavy atom. The predicted octanol–water partition coefficient (Wildman–Crippen LogP) is 3.73. The number of aliphatic hydroxyl groups is 1. The number of aromatic amines is 1. The Morgan fingerprint density at radius 1 is 1.26 bits per heavy atom. The van der Waals surface area contributed by atoms with Gasteiger partial charge in [-0.05, 0) is 18.9 Å². The zero-order chi connectivity index (χ0) is 18.8. The van der Waals surface area contributed by atoms with Gasteiger partial charge in [-0.15, -0.1) is 0 Å². The second-order valence-electron chi connectivity index (χ2n) is 6.97. The van der Waals surface area contributed by atoms with Crippen molar-refractivity contribution >= 4 is 22.4 Å². The smallest absolute Gasteiger partial charge is 0.289 e. The Bertz CT molecular complexity index is 971. The maximum absolute atomic E-state index is 12.8. The van der Waals surface area contributed by atoms with E-state index in [4.69, 9.17) is 0 Å². The van der Waals surface area contributed by atoms with Crippen molar-refractivity contribution in [2.24, 2.45) is 0 Å². The SMILES string of the molecule is CCCC1C(c2c[nH]c3ccccc23)=C(O)C(=O)N1CCCn1ccnc1. The lowest BCUT2D eigenvalue weighted by molar-refractivity contribution is -0.129. The Hall–Kier alpha value is -3.02. The number of hydrogen-bond donors (Lipinski definition) is 2. The monoisotopic (exact) mass is 364 g/mol. The average Bonchev–Trinajstić information content (AvgIpc) is 3.38. The molecule has 0 aliphatic carbocycles. The van der Waals surface area contributed by atoms with Crippen LogP contribution in [0.25, 0.3) is 16.5 Å². The van der Waals surface area contributed by atoms with E-state index >= 15 is 0 Å². The third-order valence-corrected chi connectivity index (χ3v) is 5.24. The fraction of sp³-hybridized carbons (Fsp3) is 0.333. The summed E-state index contributed by atoms with van der Waals surface area (Å²) in [5.74, 6) is -0.375. The van der Waals surface area contributed by atoms with E-state index in [0.29, 0.717) is 6.54 Å². The first-order valence-electron chi connectivity index (χ1n) is 9.47. The molecule has 6 nitrogen and oxygen atoms in total. The summed E-state index contributed by atoms with van der Waals surface area (Å²) >= 11 is 0. The number of para-hydroxylation sites is 1. The van der Waals surface area contributed by atoms with Gasteiger partial charge in [0.1, 0.15) is 0 Å². The van der Waals surface area contributed by atoms with Crippen LogP contribution in [0.4, 0.5) is 0 Å². The Morgan fingerprint density at radius 2 is 2.11 bits per heavy atom. The molecular formula is C21H24N4O2. The van der Waals surface area contributed by atoms with Gasteiger partial charge in [0.25, 0.3) is 5.91 Å². The largest absolute Gasteiger partial charge is 0.503 e. The molecule has 0 saturated carbocycles. The van der Waals surface area contributed by atoms with E-state index in [1.807, 2.05) is 46.1 Å². The number of aromatic nitrogens is 3. The van der Waals surface area contributed by atoms with E-state index < -0.39 is 0 Å². The van der Waals surface area contributed by atoms with E-state index in [9.17, 15) is 9.90 Å². The van der Waals surface area contributed by atoms with Crippen molar-refractivity contribution in [3.63, 3.8) is 0 Å². The summed E-state index contributed by atoms with van der Waals surface area (Å²) in [6.45, 7) is 3.51. The summed E-state index contributed by atoms with van der Waals surface area (Å²) in [6.07, 6.45) is 9.94. The first-order chi connectivity index (χ1) is 13.2. The molecule has 3 aromatic rings. The van der Waals surface area contributed by atoms with E-state index in [2.05, 4.69) is 16.9 Å². The summed E-state index contributed by atoms with van der Waals surface area (Å²) in [7, 11) is 0. The number of amides is 1. The molecule has 2 aromatic heterocycles. The molecule has 1 aliphatic rings. The Kier molecular flexibility index (Phi) is 4.71. The third-order valence-electron chi connectivity index (χ3n) is 5.24. The second-order valence-corrected chi connectivity index (χ2v) is 6.97. The van der Waals surface area contributed by atoms with Gasteiger partial charge in [-0.2, -0.15) is 0 Å². The molecule has 140 valence electrons. The normalized spacial score (nSPS) is 17.4. The highest BCUT2D eigenvalue weighted by Gasteiger charge is 2.39. The maximum Gasteiger partial charge on any atom is 0.289 e. The number of nitrogens with one attached hydrogen (secondary N) is 1. The molecule has 3 heterocycles. The summed E-state index contributed by atoms with van der Waals surface area (Å²) in [5.41, 5.74) is 2.68. The van der Waals surface area contributed by atoms with Crippen LogP contribution in [0.3, 0.4) is 0 Å². The average molecular weight is 364 g/mol. The minimum atomic E-state index is -0.264. The van der Waals surface area contributed by atoms with Crippen LogP contribution in [0.1, 0.15) is 31.7 Å². The summed E-state index contributed by atoms with van der Waals surface area (Å²) in [5, 5.41) is 11.7. The number of H-pyrrole nitrogens is 1. The second kappa shape index (κ2) is 7.31. The zero-order valence-corrected chi connectivity index (χ0v) is 15.4. The van der Waals surface area contributed by atoms with Crippen LogP contribution in [0, 0.1) is 0 Å². The molecule has 1 atom stereocenters. The van der Waals surface area contributed by atoms with Gasteiger partial charge in [0, 0.05) is 53.7 Å². The van der Waals surface area contributed by atoms with E-state index in [-0.39, 0.29) is 17.7 Å². The van der Waals surface area contributed by atoms with Crippen molar-refractivity contribution in [2.45, 2.75) is 38.8 Å². The minimum Gasteiger partial charge on any atom is -0.503 e. The predicted molar refractivity (Wildman–Crippen MR) is 105 cm³/mol. The van der Waals surface area contributed by atoms with Crippen molar-refractivity contribution in [1.82, 2.24) is 19.4 Å². The van der Waals surface area contributed by atoms with Crippen LogP contribution in [0.5, 0.6) is 0 Å². The number of nitrogens with zero attached hydrogens (tertiary/aromatic N) is 3. The molecule has 0 bridgehead atoms. The molecule has 0 spiro atoms. The number of rotatable bonds is 7. The molecule has 0 saturated heterocycles. The number of carbonyl (C=O) groups is 1. The Labute approximate surface area is 158 Å². The van der Waals surface area contributed by atoms with E-state index in [1.165, 1.54) is 0 Å². The topological polar surface area (TPSA) is 74.2 Å². The number of benzene rings is 1. The molecular weight excluding hydrogens is 340 g/mol. The fourth-order valence-electron chi connectivity index (χ4n) is 3.98. The highest BCUT2D eigenvalue weighted by Crippen LogP contribution is 2.38. The van der Waals surface area contributed by atoms with Crippen molar-refractivity contribution < 1.29 is 9.90 Å². The van der Waals surface area contributed by atoms with Gasteiger partial charge in [-0.1, -0.05) is 31.5 Å². The Balaban J connectivity index is 1.61. The first-order valence-corrected chi connectivity index (χ1v) is 9.47. The molecule has 4 rings (SSSR count). The quantitative estimate of drug-likeness (QED) is 0.671. The molecule has 1 aliphatic heterocycles. The number of hydrogen-bond acceptors (Lipinski definition) is 3. The third kappa shape index (κ3) is 3.12. The lowest BCUT2D eigenvalue weighted by atomic mass is 9.95. The van der Waals surface area contributed by atoms with Gasteiger partial charge in [-0.3, -0.25) is 4.79 Å². The number of fused-ring (bicyclic) bond motifs is 1.